The van der Waals surface area contributed by atoms with Gasteiger partial charge < -0.3 is 19.4 Å². The number of ether oxygens (including phenoxy) is 1. The Kier molecular flexibility index (Phi) is 5.14. The van der Waals surface area contributed by atoms with Crippen LogP contribution in [0, 0.1) is 22.7 Å². The lowest BCUT2D eigenvalue weighted by molar-refractivity contribution is 0.0834. The van der Waals surface area contributed by atoms with Crippen LogP contribution in [0.3, 0.4) is 0 Å². The van der Waals surface area contributed by atoms with E-state index < -0.39 is 5.92 Å². The summed E-state index contributed by atoms with van der Waals surface area (Å²) < 4.78 is 11.7. The summed E-state index contributed by atoms with van der Waals surface area (Å²) >= 11 is 0. The fraction of sp³-hybridized carbons (Fsp3) is 0.200. The highest BCUT2D eigenvalue weighted by molar-refractivity contribution is 6.07. The lowest BCUT2D eigenvalue weighted by Gasteiger charge is -2.38. The number of hydrogen-bond donors (Lipinski definition) is 1. The van der Waals surface area contributed by atoms with Gasteiger partial charge in [-0.15, -0.1) is 0 Å². The number of fused-ring (bicyclic) bond motifs is 2. The molecule has 2 aliphatic rings. The van der Waals surface area contributed by atoms with E-state index in [1.807, 2.05) is 17.9 Å². The Hall–Kier alpha value is -4.40. The molecule has 33 heavy (non-hydrogen) atoms. The third-order valence-electron chi connectivity index (χ3n) is 5.96. The van der Waals surface area contributed by atoms with Crippen molar-refractivity contribution in [2.75, 3.05) is 25.1 Å². The first-order valence-corrected chi connectivity index (χ1v) is 10.5. The summed E-state index contributed by atoms with van der Waals surface area (Å²) in [6, 6.07) is 16.8. The molecular formula is C25H19N5O3. The van der Waals surface area contributed by atoms with Crippen molar-refractivity contribution < 1.29 is 13.9 Å². The maximum Gasteiger partial charge on any atom is 0.256 e. The average molecular weight is 437 g/mol. The van der Waals surface area contributed by atoms with Gasteiger partial charge in [-0.25, -0.2) is 4.98 Å². The minimum atomic E-state index is -0.655. The fourth-order valence-corrected chi connectivity index (χ4v) is 4.35. The van der Waals surface area contributed by atoms with Gasteiger partial charge in [0.1, 0.15) is 17.2 Å². The zero-order valence-electron chi connectivity index (χ0n) is 17.8. The molecule has 162 valence electrons. The van der Waals surface area contributed by atoms with Crippen LogP contribution in [-0.4, -0.2) is 35.5 Å². The summed E-state index contributed by atoms with van der Waals surface area (Å²) in [5.41, 5.74) is 3.43. The molecule has 5 rings (SSSR count). The summed E-state index contributed by atoms with van der Waals surface area (Å²) in [4.78, 5) is 19.0. The van der Waals surface area contributed by atoms with E-state index in [0.717, 1.165) is 11.4 Å². The number of benzene rings is 1. The normalized spacial score (nSPS) is 18.0. The number of allylic oxidation sites excluding steroid dienone is 3. The van der Waals surface area contributed by atoms with Crippen LogP contribution < -0.4 is 5.32 Å². The molecule has 1 aromatic carbocycles. The molecule has 0 bridgehead atoms. The van der Waals surface area contributed by atoms with E-state index in [1.165, 1.54) is 0 Å². The third kappa shape index (κ3) is 3.43. The second kappa shape index (κ2) is 8.27. The molecule has 0 saturated carbocycles. The minimum absolute atomic E-state index is 0.292. The lowest BCUT2D eigenvalue weighted by atomic mass is 9.83. The summed E-state index contributed by atoms with van der Waals surface area (Å²) in [5.74, 6) is -0.157. The van der Waals surface area contributed by atoms with Gasteiger partial charge in [0.15, 0.2) is 0 Å². The van der Waals surface area contributed by atoms with Crippen LogP contribution in [0.1, 0.15) is 29.0 Å². The van der Waals surface area contributed by atoms with E-state index in [0.29, 0.717) is 59.0 Å². The smallest absolute Gasteiger partial charge is 0.256 e. The number of pyridine rings is 1. The van der Waals surface area contributed by atoms with E-state index in [4.69, 9.17) is 9.15 Å². The molecule has 1 unspecified atom stereocenters. The third-order valence-corrected chi connectivity index (χ3v) is 5.96. The standard InChI is InChI=1S/C25H19N5O3/c1-15-18(12-26)23(19(13-27)20-14-32-10-9-30(15)20)22-11-17-21(33-22)7-8-28-24(17)29-25(31)16-5-3-2-4-6-16/h2-8,11,23H,9-10,14H2,1H3,(H,28,29,31). The van der Waals surface area contributed by atoms with Crippen molar-refractivity contribution in [3.8, 4) is 12.1 Å². The lowest BCUT2D eigenvalue weighted by Crippen LogP contribution is -2.38. The van der Waals surface area contributed by atoms with Crippen LogP contribution in [0.5, 0.6) is 0 Å². The van der Waals surface area contributed by atoms with E-state index in [9.17, 15) is 15.3 Å². The largest absolute Gasteiger partial charge is 0.460 e. The summed E-state index contributed by atoms with van der Waals surface area (Å²) in [6.45, 7) is 3.30. The Labute approximate surface area is 190 Å². The number of nitrogens with zero attached hydrogens (tertiary/aromatic N) is 4. The predicted octanol–water partition coefficient (Wildman–Crippen LogP) is 4.08. The first-order valence-electron chi connectivity index (χ1n) is 10.5. The number of morpholine rings is 1. The minimum Gasteiger partial charge on any atom is -0.460 e. The topological polar surface area (TPSA) is 115 Å². The van der Waals surface area contributed by atoms with E-state index >= 15 is 0 Å². The number of carbonyl (C=O) groups excluding carboxylic acids is 1. The average Bonchev–Trinajstić information content (AvgIpc) is 3.29. The molecule has 1 saturated heterocycles. The molecule has 1 amide bonds. The Morgan fingerprint density at radius 2 is 1.97 bits per heavy atom. The van der Waals surface area contributed by atoms with Crippen molar-refractivity contribution in [1.29, 1.82) is 10.5 Å². The number of amides is 1. The number of rotatable bonds is 3. The van der Waals surface area contributed by atoms with Crippen LogP contribution in [0.25, 0.3) is 11.0 Å². The molecule has 2 aromatic heterocycles. The molecular weight excluding hydrogens is 418 g/mol. The molecule has 1 N–H and O–H groups in total. The zero-order valence-corrected chi connectivity index (χ0v) is 17.8. The molecule has 2 aliphatic heterocycles. The number of anilines is 1. The molecule has 8 nitrogen and oxygen atoms in total. The quantitative estimate of drug-likeness (QED) is 0.656. The van der Waals surface area contributed by atoms with E-state index in [2.05, 4.69) is 22.4 Å². The molecule has 0 radical (unpaired) electrons. The van der Waals surface area contributed by atoms with Crippen LogP contribution in [0.15, 0.2) is 75.6 Å². The first-order chi connectivity index (χ1) is 16.1. The summed E-state index contributed by atoms with van der Waals surface area (Å²) in [7, 11) is 0. The van der Waals surface area contributed by atoms with Crippen molar-refractivity contribution in [2.45, 2.75) is 12.8 Å². The van der Waals surface area contributed by atoms with Crippen molar-refractivity contribution in [2.24, 2.45) is 0 Å². The monoisotopic (exact) mass is 437 g/mol. The Balaban J connectivity index is 1.59. The van der Waals surface area contributed by atoms with Gasteiger partial charge in [-0.05, 0) is 31.2 Å². The highest BCUT2D eigenvalue weighted by atomic mass is 16.5. The van der Waals surface area contributed by atoms with Crippen LogP contribution in [-0.2, 0) is 4.74 Å². The highest BCUT2D eigenvalue weighted by Gasteiger charge is 2.38. The summed E-state index contributed by atoms with van der Waals surface area (Å²) in [6.07, 6.45) is 1.55. The number of furan rings is 1. The molecule has 0 spiro atoms. The molecule has 1 atom stereocenters. The van der Waals surface area contributed by atoms with E-state index in [-0.39, 0.29) is 5.91 Å². The van der Waals surface area contributed by atoms with Gasteiger partial charge in [0.2, 0.25) is 0 Å². The molecule has 4 heterocycles. The SMILES string of the molecule is CC1=C(C#N)C(c2cc3c(NC(=O)c4ccccc4)nccc3o2)C(C#N)=C2COCCN12. The highest BCUT2D eigenvalue weighted by Crippen LogP contribution is 2.44. The van der Waals surface area contributed by atoms with Crippen molar-refractivity contribution >= 4 is 22.7 Å². The first kappa shape index (κ1) is 20.5. The molecule has 1 fully saturated rings. The van der Waals surface area contributed by atoms with Crippen molar-refractivity contribution in [3.63, 3.8) is 0 Å². The van der Waals surface area contributed by atoms with Gasteiger partial charge in [0, 0.05) is 24.0 Å². The van der Waals surface area contributed by atoms with Gasteiger partial charge >= 0.3 is 0 Å². The van der Waals surface area contributed by atoms with Gasteiger partial charge in [0.25, 0.3) is 5.91 Å². The van der Waals surface area contributed by atoms with Gasteiger partial charge in [-0.2, -0.15) is 10.5 Å². The fourth-order valence-electron chi connectivity index (χ4n) is 4.35. The van der Waals surface area contributed by atoms with Crippen molar-refractivity contribution in [3.05, 3.63) is 82.5 Å². The Bertz CT molecular complexity index is 1410. The molecule has 3 aromatic rings. The van der Waals surface area contributed by atoms with Gasteiger partial charge in [0.05, 0.1) is 53.5 Å². The van der Waals surface area contributed by atoms with Crippen LogP contribution in [0.2, 0.25) is 0 Å². The van der Waals surface area contributed by atoms with Gasteiger partial charge in [-0.1, -0.05) is 18.2 Å². The van der Waals surface area contributed by atoms with E-state index in [1.54, 1.807) is 42.6 Å². The maximum absolute atomic E-state index is 12.7. The predicted molar refractivity (Wildman–Crippen MR) is 120 cm³/mol. The second-order valence-corrected chi connectivity index (χ2v) is 7.76. The number of aromatic nitrogens is 1. The number of carbonyl (C=O) groups is 1. The zero-order chi connectivity index (χ0) is 22.9. The second-order valence-electron chi connectivity index (χ2n) is 7.76. The maximum atomic E-state index is 12.7. The Morgan fingerprint density at radius 3 is 2.73 bits per heavy atom. The number of nitriles is 2. The van der Waals surface area contributed by atoms with Crippen LogP contribution >= 0.6 is 0 Å². The number of nitrogens with one attached hydrogen (secondary N) is 1. The van der Waals surface area contributed by atoms with Crippen molar-refractivity contribution in [1.82, 2.24) is 9.88 Å². The van der Waals surface area contributed by atoms with Gasteiger partial charge in [-0.3, -0.25) is 4.79 Å². The summed E-state index contributed by atoms with van der Waals surface area (Å²) in [5, 5.41) is 23.4. The Morgan fingerprint density at radius 1 is 1.18 bits per heavy atom. The molecule has 0 aliphatic carbocycles. The van der Waals surface area contributed by atoms with Crippen LogP contribution in [0.4, 0.5) is 5.82 Å². The number of hydrogen-bond acceptors (Lipinski definition) is 7. The molecule has 8 heteroatoms.